The second kappa shape index (κ2) is 5.39. The van der Waals surface area contributed by atoms with Gasteiger partial charge in [0, 0.05) is 29.4 Å². The predicted molar refractivity (Wildman–Crippen MR) is 82.2 cm³/mol. The number of pyridine rings is 1. The second-order valence-electron chi connectivity index (χ2n) is 4.48. The quantitative estimate of drug-likeness (QED) is 0.757. The molecule has 4 heteroatoms. The summed E-state index contributed by atoms with van der Waals surface area (Å²) >= 11 is 5.90. The van der Waals surface area contributed by atoms with Crippen LogP contribution in [0.5, 0.6) is 5.75 Å². The van der Waals surface area contributed by atoms with E-state index in [1.54, 1.807) is 12.3 Å². The highest BCUT2D eigenvalue weighted by Crippen LogP contribution is 2.28. The number of benzene rings is 2. The van der Waals surface area contributed by atoms with Crippen molar-refractivity contribution in [2.75, 3.05) is 5.32 Å². The van der Waals surface area contributed by atoms with Crippen molar-refractivity contribution in [1.82, 2.24) is 4.98 Å². The minimum atomic E-state index is 0.125. The molecule has 0 saturated carbocycles. The molecule has 0 amide bonds. The van der Waals surface area contributed by atoms with E-state index in [1.807, 2.05) is 42.5 Å². The number of phenols is 1. The van der Waals surface area contributed by atoms with Crippen LogP contribution in [-0.2, 0) is 6.54 Å². The molecule has 3 rings (SSSR count). The van der Waals surface area contributed by atoms with Gasteiger partial charge in [0.25, 0.3) is 0 Å². The van der Waals surface area contributed by atoms with Gasteiger partial charge >= 0.3 is 0 Å². The second-order valence-corrected chi connectivity index (χ2v) is 4.88. The summed E-state index contributed by atoms with van der Waals surface area (Å²) in [6.45, 7) is 0.500. The van der Waals surface area contributed by atoms with Crippen LogP contribution < -0.4 is 5.32 Å². The van der Waals surface area contributed by atoms with Gasteiger partial charge in [0.2, 0.25) is 0 Å². The fourth-order valence-corrected chi connectivity index (χ4v) is 2.34. The van der Waals surface area contributed by atoms with Crippen LogP contribution in [0.25, 0.3) is 10.9 Å². The Balaban J connectivity index is 1.89. The van der Waals surface area contributed by atoms with Crippen molar-refractivity contribution in [3.8, 4) is 5.75 Å². The third-order valence-corrected chi connectivity index (χ3v) is 3.49. The van der Waals surface area contributed by atoms with Crippen molar-refractivity contribution in [2.45, 2.75) is 6.54 Å². The summed E-state index contributed by atoms with van der Waals surface area (Å²) in [4.78, 5) is 4.32. The summed E-state index contributed by atoms with van der Waals surface area (Å²) in [5, 5.41) is 14.6. The smallest absolute Gasteiger partial charge is 0.139 e. The number of nitrogens with zero attached hydrogens (tertiary/aromatic N) is 1. The summed E-state index contributed by atoms with van der Waals surface area (Å²) in [5.41, 5.74) is 2.68. The van der Waals surface area contributed by atoms with Crippen LogP contribution >= 0.6 is 11.6 Å². The maximum absolute atomic E-state index is 9.90. The Labute approximate surface area is 121 Å². The summed E-state index contributed by atoms with van der Waals surface area (Å²) in [6, 6.07) is 15.2. The van der Waals surface area contributed by atoms with Gasteiger partial charge in [-0.25, -0.2) is 0 Å². The molecule has 0 saturated heterocycles. The molecular formula is C16H13ClN2O. The Morgan fingerprint density at radius 3 is 2.80 bits per heavy atom. The number of para-hydroxylation sites is 1. The maximum Gasteiger partial charge on any atom is 0.139 e. The normalized spacial score (nSPS) is 10.7. The van der Waals surface area contributed by atoms with E-state index in [1.165, 1.54) is 0 Å². The van der Waals surface area contributed by atoms with Crippen molar-refractivity contribution < 1.29 is 5.11 Å². The highest BCUT2D eigenvalue weighted by Gasteiger charge is 2.06. The lowest BCUT2D eigenvalue weighted by molar-refractivity contribution is 0.469. The van der Waals surface area contributed by atoms with Crippen LogP contribution in [0.15, 0.2) is 54.7 Å². The minimum Gasteiger partial charge on any atom is -0.506 e. The molecular weight excluding hydrogens is 272 g/mol. The first-order valence-corrected chi connectivity index (χ1v) is 6.67. The predicted octanol–water partition coefficient (Wildman–Crippen LogP) is 4.21. The molecule has 0 radical (unpaired) electrons. The molecule has 0 bridgehead atoms. The number of phenolic OH excluding ortho intramolecular Hbond substituents is 1. The number of aromatic hydroxyl groups is 1. The molecule has 3 aromatic rings. The van der Waals surface area contributed by atoms with Crippen molar-refractivity contribution in [2.24, 2.45) is 0 Å². The number of fused-ring (bicyclic) bond motifs is 1. The van der Waals surface area contributed by atoms with Crippen molar-refractivity contribution in [1.29, 1.82) is 0 Å². The zero-order valence-electron chi connectivity index (χ0n) is 10.7. The monoisotopic (exact) mass is 284 g/mol. The molecule has 100 valence electrons. The lowest BCUT2D eigenvalue weighted by Crippen LogP contribution is -2.00. The molecule has 0 aliphatic rings. The molecule has 0 aliphatic heterocycles. The third-order valence-electron chi connectivity index (χ3n) is 3.19. The van der Waals surface area contributed by atoms with E-state index in [4.69, 9.17) is 11.6 Å². The highest BCUT2D eigenvalue weighted by atomic mass is 35.5. The van der Waals surface area contributed by atoms with E-state index >= 15 is 0 Å². The number of hydrogen-bond acceptors (Lipinski definition) is 3. The van der Waals surface area contributed by atoms with Crippen LogP contribution in [0.4, 0.5) is 5.69 Å². The van der Waals surface area contributed by atoms with Gasteiger partial charge in [0.15, 0.2) is 0 Å². The zero-order chi connectivity index (χ0) is 13.9. The molecule has 0 fully saturated rings. The van der Waals surface area contributed by atoms with Crippen LogP contribution in [0, 0.1) is 0 Å². The lowest BCUT2D eigenvalue weighted by Gasteiger charge is -2.11. The molecule has 0 atom stereocenters. The van der Waals surface area contributed by atoms with E-state index in [2.05, 4.69) is 10.3 Å². The number of hydrogen-bond donors (Lipinski definition) is 2. The average molecular weight is 285 g/mol. The standard InChI is InChI=1S/C16H13ClN2O/c17-13-6-1-4-11(16(13)20)10-19-15-8-2-7-14-12(15)5-3-9-18-14/h1-9,19-20H,10H2. The molecule has 2 N–H and O–H groups in total. The largest absolute Gasteiger partial charge is 0.506 e. The number of rotatable bonds is 3. The van der Waals surface area contributed by atoms with Gasteiger partial charge in [0.05, 0.1) is 10.5 Å². The van der Waals surface area contributed by atoms with Crippen molar-refractivity contribution >= 4 is 28.2 Å². The van der Waals surface area contributed by atoms with E-state index < -0.39 is 0 Å². The van der Waals surface area contributed by atoms with Gasteiger partial charge in [-0.1, -0.05) is 29.8 Å². The van der Waals surface area contributed by atoms with Crippen LogP contribution in [0.2, 0.25) is 5.02 Å². The summed E-state index contributed by atoms with van der Waals surface area (Å²) in [6.07, 6.45) is 1.77. The van der Waals surface area contributed by atoms with E-state index in [-0.39, 0.29) is 5.75 Å². The number of anilines is 1. The van der Waals surface area contributed by atoms with Gasteiger partial charge in [-0.05, 0) is 30.3 Å². The molecule has 0 spiro atoms. The lowest BCUT2D eigenvalue weighted by atomic mass is 10.1. The summed E-state index contributed by atoms with van der Waals surface area (Å²) < 4.78 is 0. The Hall–Kier alpha value is -2.26. The number of nitrogens with one attached hydrogen (secondary N) is 1. The molecule has 0 aliphatic carbocycles. The third kappa shape index (κ3) is 2.40. The summed E-state index contributed by atoms with van der Waals surface area (Å²) in [7, 11) is 0. The topological polar surface area (TPSA) is 45.1 Å². The first kappa shape index (κ1) is 12.8. The molecule has 1 heterocycles. The van der Waals surface area contributed by atoms with E-state index in [0.29, 0.717) is 11.6 Å². The number of aromatic nitrogens is 1. The molecule has 2 aromatic carbocycles. The van der Waals surface area contributed by atoms with Gasteiger partial charge in [-0.3, -0.25) is 4.98 Å². The molecule has 0 unspecified atom stereocenters. The van der Waals surface area contributed by atoms with Gasteiger partial charge in [-0.2, -0.15) is 0 Å². The Morgan fingerprint density at radius 1 is 1.05 bits per heavy atom. The first-order chi connectivity index (χ1) is 9.75. The maximum atomic E-state index is 9.90. The average Bonchev–Trinajstić information content (AvgIpc) is 2.49. The Morgan fingerprint density at radius 2 is 1.90 bits per heavy atom. The van der Waals surface area contributed by atoms with Crippen LogP contribution in [-0.4, -0.2) is 10.1 Å². The first-order valence-electron chi connectivity index (χ1n) is 6.29. The fourth-order valence-electron chi connectivity index (χ4n) is 2.15. The molecule has 1 aromatic heterocycles. The van der Waals surface area contributed by atoms with Crippen LogP contribution in [0.3, 0.4) is 0 Å². The van der Waals surface area contributed by atoms with Crippen molar-refractivity contribution in [3.63, 3.8) is 0 Å². The SMILES string of the molecule is Oc1c(Cl)cccc1CNc1cccc2ncccc12. The van der Waals surface area contributed by atoms with Gasteiger partial charge in [-0.15, -0.1) is 0 Å². The number of halogens is 1. The van der Waals surface area contributed by atoms with Gasteiger partial charge < -0.3 is 10.4 Å². The van der Waals surface area contributed by atoms with Gasteiger partial charge in [0.1, 0.15) is 5.75 Å². The molecule has 3 nitrogen and oxygen atoms in total. The Kier molecular flexibility index (Phi) is 3.44. The Bertz CT molecular complexity index is 753. The molecule has 20 heavy (non-hydrogen) atoms. The van der Waals surface area contributed by atoms with Crippen LogP contribution in [0.1, 0.15) is 5.56 Å². The summed E-state index contributed by atoms with van der Waals surface area (Å²) in [5.74, 6) is 0.125. The van der Waals surface area contributed by atoms with Crippen molar-refractivity contribution in [3.05, 3.63) is 65.3 Å². The van der Waals surface area contributed by atoms with E-state index in [9.17, 15) is 5.11 Å². The zero-order valence-corrected chi connectivity index (χ0v) is 11.4. The fraction of sp³-hybridized carbons (Fsp3) is 0.0625. The van der Waals surface area contributed by atoms with E-state index in [0.717, 1.165) is 22.2 Å². The minimum absolute atomic E-state index is 0.125. The highest BCUT2D eigenvalue weighted by molar-refractivity contribution is 6.32.